The molecule has 110 valence electrons. The second kappa shape index (κ2) is 7.24. The SMILES string of the molecule is CCCc1c(NN)ncnc1OCC1CC=CCC1C. The number of nitrogens with two attached hydrogens (primary N) is 1. The number of ether oxygens (including phenoxy) is 1. The van der Waals surface area contributed by atoms with Gasteiger partial charge in [0.15, 0.2) is 0 Å². The van der Waals surface area contributed by atoms with Gasteiger partial charge in [0, 0.05) is 0 Å². The van der Waals surface area contributed by atoms with Crippen LogP contribution in [0.1, 0.15) is 38.7 Å². The van der Waals surface area contributed by atoms with Crippen molar-refractivity contribution in [2.75, 3.05) is 12.0 Å². The highest BCUT2D eigenvalue weighted by molar-refractivity contribution is 5.47. The lowest BCUT2D eigenvalue weighted by Gasteiger charge is -2.25. The molecule has 0 saturated heterocycles. The second-order valence-electron chi connectivity index (χ2n) is 5.39. The van der Waals surface area contributed by atoms with E-state index in [4.69, 9.17) is 10.6 Å². The standard InChI is InChI=1S/C15H24N4O/c1-3-6-13-14(19-16)17-10-18-15(13)20-9-12-8-5-4-7-11(12)2/h4-5,10-12H,3,6-9,16H2,1-2H3,(H,17,18,19). The molecule has 1 heterocycles. The molecule has 2 rings (SSSR count). The number of nitrogens with zero attached hydrogens (tertiary/aromatic N) is 2. The van der Waals surface area contributed by atoms with E-state index < -0.39 is 0 Å². The van der Waals surface area contributed by atoms with Crippen LogP contribution in [0.5, 0.6) is 5.88 Å². The molecule has 1 aliphatic rings. The molecule has 0 spiro atoms. The van der Waals surface area contributed by atoms with Crippen LogP contribution in [0.4, 0.5) is 5.82 Å². The maximum atomic E-state index is 5.96. The summed E-state index contributed by atoms with van der Waals surface area (Å²) in [7, 11) is 0. The van der Waals surface area contributed by atoms with Crippen molar-refractivity contribution in [3.63, 3.8) is 0 Å². The summed E-state index contributed by atoms with van der Waals surface area (Å²) in [6.07, 6.45) is 10.1. The topological polar surface area (TPSA) is 73.1 Å². The van der Waals surface area contributed by atoms with Gasteiger partial charge in [0.25, 0.3) is 0 Å². The molecule has 5 heteroatoms. The third-order valence-electron chi connectivity index (χ3n) is 3.89. The van der Waals surface area contributed by atoms with Gasteiger partial charge in [-0.25, -0.2) is 15.8 Å². The zero-order valence-corrected chi connectivity index (χ0v) is 12.3. The van der Waals surface area contributed by atoms with E-state index in [2.05, 4.69) is 41.4 Å². The molecule has 0 saturated carbocycles. The maximum absolute atomic E-state index is 5.96. The highest BCUT2D eigenvalue weighted by atomic mass is 16.5. The molecule has 5 nitrogen and oxygen atoms in total. The highest BCUT2D eigenvalue weighted by Crippen LogP contribution is 2.28. The smallest absolute Gasteiger partial charge is 0.221 e. The van der Waals surface area contributed by atoms with Crippen molar-refractivity contribution < 1.29 is 4.74 Å². The van der Waals surface area contributed by atoms with Gasteiger partial charge in [0.1, 0.15) is 12.1 Å². The van der Waals surface area contributed by atoms with Gasteiger partial charge in [-0.1, -0.05) is 32.4 Å². The number of nitrogens with one attached hydrogen (secondary N) is 1. The molecule has 0 bridgehead atoms. The minimum Gasteiger partial charge on any atom is -0.477 e. The summed E-state index contributed by atoms with van der Waals surface area (Å²) in [5, 5.41) is 0. The lowest BCUT2D eigenvalue weighted by molar-refractivity contribution is 0.191. The Hall–Kier alpha value is -1.62. The molecule has 1 aromatic heterocycles. The van der Waals surface area contributed by atoms with Crippen LogP contribution >= 0.6 is 0 Å². The Bertz CT molecular complexity index is 461. The summed E-state index contributed by atoms with van der Waals surface area (Å²) in [5.74, 6) is 8.04. The van der Waals surface area contributed by atoms with Crippen LogP contribution < -0.4 is 16.0 Å². The maximum Gasteiger partial charge on any atom is 0.221 e. The molecule has 0 aliphatic heterocycles. The van der Waals surface area contributed by atoms with Crippen LogP contribution in [0.3, 0.4) is 0 Å². The quantitative estimate of drug-likeness (QED) is 0.475. The third-order valence-corrected chi connectivity index (χ3v) is 3.89. The van der Waals surface area contributed by atoms with Gasteiger partial charge in [-0.05, 0) is 31.1 Å². The van der Waals surface area contributed by atoms with E-state index in [1.165, 1.54) is 6.33 Å². The zero-order chi connectivity index (χ0) is 14.4. The van der Waals surface area contributed by atoms with Gasteiger partial charge in [-0.2, -0.15) is 0 Å². The van der Waals surface area contributed by atoms with E-state index in [0.29, 0.717) is 30.1 Å². The molecule has 1 aromatic rings. The van der Waals surface area contributed by atoms with Crippen LogP contribution in [0, 0.1) is 11.8 Å². The van der Waals surface area contributed by atoms with Crippen molar-refractivity contribution in [1.82, 2.24) is 9.97 Å². The van der Waals surface area contributed by atoms with Crippen molar-refractivity contribution in [3.8, 4) is 5.88 Å². The molecule has 1 aliphatic carbocycles. The van der Waals surface area contributed by atoms with Crippen LogP contribution in [0.2, 0.25) is 0 Å². The molecular weight excluding hydrogens is 252 g/mol. The minimum atomic E-state index is 0.554. The Morgan fingerprint density at radius 2 is 2.15 bits per heavy atom. The number of rotatable bonds is 6. The number of hydrazine groups is 1. The van der Waals surface area contributed by atoms with E-state index in [9.17, 15) is 0 Å². The van der Waals surface area contributed by atoms with E-state index in [1.54, 1.807) is 0 Å². The van der Waals surface area contributed by atoms with Crippen molar-refractivity contribution in [2.45, 2.75) is 39.5 Å². The van der Waals surface area contributed by atoms with Crippen LogP contribution in [0.25, 0.3) is 0 Å². The first kappa shape index (κ1) is 14.8. The average Bonchev–Trinajstić information content (AvgIpc) is 2.47. The van der Waals surface area contributed by atoms with Crippen molar-refractivity contribution in [2.24, 2.45) is 17.7 Å². The minimum absolute atomic E-state index is 0.554. The van der Waals surface area contributed by atoms with Gasteiger partial charge in [0.2, 0.25) is 5.88 Å². The number of anilines is 1. The number of nitrogen functional groups attached to an aromatic ring is 1. The summed E-state index contributed by atoms with van der Waals surface area (Å²) in [6.45, 7) is 5.09. The Morgan fingerprint density at radius 1 is 1.35 bits per heavy atom. The lowest BCUT2D eigenvalue weighted by Crippen LogP contribution is -2.22. The molecule has 2 unspecified atom stereocenters. The molecule has 20 heavy (non-hydrogen) atoms. The molecule has 3 N–H and O–H groups in total. The summed E-state index contributed by atoms with van der Waals surface area (Å²) < 4.78 is 5.96. The second-order valence-corrected chi connectivity index (χ2v) is 5.39. The van der Waals surface area contributed by atoms with Gasteiger partial charge in [-0.15, -0.1) is 0 Å². The highest BCUT2D eigenvalue weighted by Gasteiger charge is 2.20. The molecule has 2 atom stereocenters. The third kappa shape index (κ3) is 3.48. The van der Waals surface area contributed by atoms with Crippen LogP contribution in [0.15, 0.2) is 18.5 Å². The Kier molecular flexibility index (Phi) is 5.35. The van der Waals surface area contributed by atoms with Crippen LogP contribution in [-0.4, -0.2) is 16.6 Å². The molecule has 0 aromatic carbocycles. The number of hydrogen-bond acceptors (Lipinski definition) is 5. The first-order valence-corrected chi connectivity index (χ1v) is 7.34. The zero-order valence-electron chi connectivity index (χ0n) is 12.3. The summed E-state index contributed by atoms with van der Waals surface area (Å²) in [5.41, 5.74) is 3.59. The number of allylic oxidation sites excluding steroid dienone is 2. The number of hydrogen-bond donors (Lipinski definition) is 2. The predicted octanol–water partition coefficient (Wildman–Crippen LogP) is 2.70. The van der Waals surface area contributed by atoms with E-state index in [1.807, 2.05) is 0 Å². The Morgan fingerprint density at radius 3 is 2.85 bits per heavy atom. The molecular formula is C15H24N4O. The Labute approximate surface area is 120 Å². The van der Waals surface area contributed by atoms with Gasteiger partial charge >= 0.3 is 0 Å². The first-order chi connectivity index (χ1) is 9.76. The fourth-order valence-corrected chi connectivity index (χ4v) is 2.55. The summed E-state index contributed by atoms with van der Waals surface area (Å²) >= 11 is 0. The molecule has 0 radical (unpaired) electrons. The lowest BCUT2D eigenvalue weighted by atomic mass is 9.85. The molecule has 0 amide bonds. The van der Waals surface area contributed by atoms with Gasteiger partial charge in [0.05, 0.1) is 12.2 Å². The number of aromatic nitrogens is 2. The Balaban J connectivity index is 2.06. The van der Waals surface area contributed by atoms with Crippen molar-refractivity contribution in [3.05, 3.63) is 24.0 Å². The van der Waals surface area contributed by atoms with Crippen LogP contribution in [-0.2, 0) is 6.42 Å². The largest absolute Gasteiger partial charge is 0.477 e. The summed E-state index contributed by atoms with van der Waals surface area (Å²) in [6, 6.07) is 0. The van der Waals surface area contributed by atoms with Crippen molar-refractivity contribution in [1.29, 1.82) is 0 Å². The van der Waals surface area contributed by atoms with E-state index in [0.717, 1.165) is 31.2 Å². The van der Waals surface area contributed by atoms with Gasteiger partial charge < -0.3 is 10.2 Å². The fraction of sp³-hybridized carbons (Fsp3) is 0.600. The van der Waals surface area contributed by atoms with Crippen molar-refractivity contribution >= 4 is 5.82 Å². The average molecular weight is 276 g/mol. The predicted molar refractivity (Wildman–Crippen MR) is 80.4 cm³/mol. The van der Waals surface area contributed by atoms with Gasteiger partial charge in [-0.3, -0.25) is 0 Å². The van der Waals surface area contributed by atoms with E-state index in [-0.39, 0.29) is 0 Å². The molecule has 0 fully saturated rings. The fourth-order valence-electron chi connectivity index (χ4n) is 2.55. The summed E-state index contributed by atoms with van der Waals surface area (Å²) in [4.78, 5) is 8.42. The first-order valence-electron chi connectivity index (χ1n) is 7.34. The van der Waals surface area contributed by atoms with E-state index >= 15 is 0 Å². The normalized spacial score (nSPS) is 21.8. The monoisotopic (exact) mass is 276 g/mol.